The zero-order valence-corrected chi connectivity index (χ0v) is 13.6. The lowest BCUT2D eigenvalue weighted by Crippen LogP contribution is -2.40. The minimum absolute atomic E-state index is 0.0484. The fraction of sp³-hybridized carbons (Fsp3) is 0.385. The topological polar surface area (TPSA) is 100 Å². The third-order valence-corrected chi connectivity index (χ3v) is 5.13. The Balaban J connectivity index is 1.86. The van der Waals surface area contributed by atoms with Crippen LogP contribution in [0.2, 0.25) is 0 Å². The Labute approximate surface area is 134 Å². The van der Waals surface area contributed by atoms with Crippen LogP contribution in [0.25, 0.3) is 0 Å². The molecule has 0 amide bonds. The molecule has 0 spiro atoms. The molecule has 0 aromatic heterocycles. The number of nitrogens with one attached hydrogen (secondary N) is 2. The highest BCUT2D eigenvalue weighted by Crippen LogP contribution is 2.25. The van der Waals surface area contributed by atoms with E-state index >= 15 is 0 Å². The smallest absolute Gasteiger partial charge is 0.187 e. The van der Waals surface area contributed by atoms with E-state index in [4.69, 9.17) is 17.0 Å². The maximum absolute atomic E-state index is 11.3. The maximum Gasteiger partial charge on any atom is 0.187 e. The summed E-state index contributed by atoms with van der Waals surface area (Å²) >= 11 is 5.05. The maximum atomic E-state index is 11.3. The van der Waals surface area contributed by atoms with Gasteiger partial charge in [-0.1, -0.05) is 0 Å². The van der Waals surface area contributed by atoms with Crippen LogP contribution in [-0.4, -0.2) is 49.5 Å². The number of methoxy groups -OCH3 is 1. The van der Waals surface area contributed by atoms with E-state index in [2.05, 4.69) is 15.8 Å². The van der Waals surface area contributed by atoms with Gasteiger partial charge in [0.05, 0.1) is 24.8 Å². The number of rotatable bonds is 4. The van der Waals surface area contributed by atoms with Gasteiger partial charge < -0.3 is 15.2 Å². The summed E-state index contributed by atoms with van der Waals surface area (Å²) in [7, 11) is -1.48. The summed E-state index contributed by atoms with van der Waals surface area (Å²) in [5.74, 6) is 0.672. The van der Waals surface area contributed by atoms with Crippen LogP contribution in [0.5, 0.6) is 11.5 Å². The second-order valence-corrected chi connectivity index (χ2v) is 7.51. The number of thiocarbonyl (C=S) groups is 1. The Morgan fingerprint density at radius 3 is 2.95 bits per heavy atom. The van der Waals surface area contributed by atoms with E-state index in [1.807, 2.05) is 0 Å². The molecule has 1 aliphatic heterocycles. The van der Waals surface area contributed by atoms with E-state index in [1.54, 1.807) is 12.1 Å². The summed E-state index contributed by atoms with van der Waals surface area (Å²) < 4.78 is 27.7. The first kappa shape index (κ1) is 16.5. The van der Waals surface area contributed by atoms with Crippen LogP contribution in [0.15, 0.2) is 23.3 Å². The summed E-state index contributed by atoms with van der Waals surface area (Å²) in [4.78, 5) is 0. The van der Waals surface area contributed by atoms with Crippen LogP contribution in [0.3, 0.4) is 0 Å². The Morgan fingerprint density at radius 2 is 2.32 bits per heavy atom. The van der Waals surface area contributed by atoms with Gasteiger partial charge in [-0.2, -0.15) is 5.10 Å². The van der Waals surface area contributed by atoms with E-state index < -0.39 is 9.84 Å². The first-order chi connectivity index (χ1) is 10.4. The van der Waals surface area contributed by atoms with Gasteiger partial charge in [0.25, 0.3) is 0 Å². The molecular formula is C13H17N3O4S2. The van der Waals surface area contributed by atoms with Crippen molar-refractivity contribution < 1.29 is 18.3 Å². The third kappa shape index (κ3) is 4.57. The van der Waals surface area contributed by atoms with Crippen molar-refractivity contribution in [3.63, 3.8) is 0 Å². The second kappa shape index (κ2) is 6.93. The van der Waals surface area contributed by atoms with Crippen LogP contribution in [0, 0.1) is 0 Å². The number of ether oxygens (including phenoxy) is 1. The number of hydrazone groups is 1. The molecule has 0 radical (unpaired) electrons. The van der Waals surface area contributed by atoms with E-state index in [-0.39, 0.29) is 28.4 Å². The van der Waals surface area contributed by atoms with Crippen molar-refractivity contribution in [1.82, 2.24) is 10.7 Å². The first-order valence-electron chi connectivity index (χ1n) is 6.56. The van der Waals surface area contributed by atoms with Crippen molar-refractivity contribution >= 4 is 33.4 Å². The number of phenols is 1. The molecule has 0 unspecified atom stereocenters. The zero-order valence-electron chi connectivity index (χ0n) is 11.9. The largest absolute Gasteiger partial charge is 0.504 e. The van der Waals surface area contributed by atoms with Crippen LogP contribution >= 0.6 is 12.2 Å². The van der Waals surface area contributed by atoms with Gasteiger partial charge in [-0.3, -0.25) is 5.43 Å². The van der Waals surface area contributed by atoms with Crippen LogP contribution < -0.4 is 15.5 Å². The number of nitrogens with zero attached hydrogens (tertiary/aromatic N) is 1. The van der Waals surface area contributed by atoms with Gasteiger partial charge in [0, 0.05) is 6.04 Å². The molecule has 1 aromatic rings. The number of sulfone groups is 1. The summed E-state index contributed by atoms with van der Waals surface area (Å²) in [6, 6.07) is 4.62. The molecule has 0 saturated carbocycles. The van der Waals surface area contributed by atoms with E-state index in [9.17, 15) is 13.5 Å². The number of benzene rings is 1. The fourth-order valence-electron chi connectivity index (χ4n) is 2.07. The molecule has 0 aliphatic carbocycles. The molecule has 3 N–H and O–H groups in total. The van der Waals surface area contributed by atoms with E-state index in [0.29, 0.717) is 17.7 Å². The molecule has 1 aromatic carbocycles. The molecule has 1 saturated heterocycles. The predicted molar refractivity (Wildman–Crippen MR) is 88.2 cm³/mol. The molecule has 7 nitrogen and oxygen atoms in total. The Kier molecular flexibility index (Phi) is 5.19. The van der Waals surface area contributed by atoms with Gasteiger partial charge in [0.2, 0.25) is 0 Å². The molecular weight excluding hydrogens is 326 g/mol. The summed E-state index contributed by atoms with van der Waals surface area (Å²) in [5.41, 5.74) is 3.35. The average molecular weight is 343 g/mol. The fourth-order valence-corrected chi connectivity index (χ4v) is 3.96. The predicted octanol–water partition coefficient (Wildman–Crippen LogP) is 0.386. The normalized spacial score (nSPS) is 20.0. The van der Waals surface area contributed by atoms with Gasteiger partial charge >= 0.3 is 0 Å². The van der Waals surface area contributed by atoms with Gasteiger partial charge in [-0.15, -0.1) is 0 Å². The lowest BCUT2D eigenvalue weighted by atomic mass is 10.2. The van der Waals surface area contributed by atoms with E-state index in [0.717, 1.165) is 0 Å². The van der Waals surface area contributed by atoms with Crippen molar-refractivity contribution in [3.8, 4) is 11.5 Å². The van der Waals surface area contributed by atoms with Crippen molar-refractivity contribution in [3.05, 3.63) is 23.8 Å². The van der Waals surface area contributed by atoms with Gasteiger partial charge in [-0.25, -0.2) is 8.42 Å². The molecule has 1 atom stereocenters. The molecule has 22 heavy (non-hydrogen) atoms. The summed E-state index contributed by atoms with van der Waals surface area (Å²) in [5, 5.41) is 16.6. The van der Waals surface area contributed by atoms with Crippen molar-refractivity contribution in [1.29, 1.82) is 0 Å². The Hall–Kier alpha value is -1.87. The summed E-state index contributed by atoms with van der Waals surface area (Å²) in [6.07, 6.45) is 2.06. The number of hydrogen-bond donors (Lipinski definition) is 3. The lowest BCUT2D eigenvalue weighted by molar-refractivity contribution is 0.373. The zero-order chi connectivity index (χ0) is 16.2. The standard InChI is InChI=1S/C13H17N3O4S2/c1-20-12-6-9(2-3-11(12)17)7-14-16-13(21)15-10-4-5-22(18,19)8-10/h2-3,6-7,10,17H,4-5,8H2,1H3,(H2,15,16,21)/b14-7-/t10-/m0/s1. The van der Waals surface area contributed by atoms with Gasteiger partial charge in [-0.05, 0) is 42.4 Å². The Bertz CT molecular complexity index is 689. The van der Waals surface area contributed by atoms with E-state index in [1.165, 1.54) is 19.4 Å². The molecule has 120 valence electrons. The average Bonchev–Trinajstić information content (AvgIpc) is 2.79. The molecule has 1 aliphatic rings. The molecule has 9 heteroatoms. The number of hydrogen-bond acceptors (Lipinski definition) is 6. The minimum atomic E-state index is -2.94. The van der Waals surface area contributed by atoms with Gasteiger partial charge in [0.15, 0.2) is 26.4 Å². The molecule has 0 bridgehead atoms. The van der Waals surface area contributed by atoms with Crippen molar-refractivity contribution in [2.75, 3.05) is 18.6 Å². The first-order valence-corrected chi connectivity index (χ1v) is 8.79. The van der Waals surface area contributed by atoms with Crippen LogP contribution in [0.1, 0.15) is 12.0 Å². The van der Waals surface area contributed by atoms with Crippen LogP contribution in [-0.2, 0) is 9.84 Å². The van der Waals surface area contributed by atoms with Crippen molar-refractivity contribution in [2.24, 2.45) is 5.10 Å². The Morgan fingerprint density at radius 1 is 1.55 bits per heavy atom. The highest BCUT2D eigenvalue weighted by Gasteiger charge is 2.28. The SMILES string of the molecule is COc1cc(/C=N\NC(=S)N[C@H]2CCS(=O)(=O)C2)ccc1O. The summed E-state index contributed by atoms with van der Waals surface area (Å²) in [6.45, 7) is 0. The second-order valence-electron chi connectivity index (χ2n) is 4.87. The van der Waals surface area contributed by atoms with Crippen molar-refractivity contribution in [2.45, 2.75) is 12.5 Å². The quantitative estimate of drug-likeness (QED) is 0.413. The number of phenolic OH excluding ortho intramolecular Hbond substituents is 1. The van der Waals surface area contributed by atoms with Crippen LogP contribution in [0.4, 0.5) is 0 Å². The minimum Gasteiger partial charge on any atom is -0.504 e. The van der Waals surface area contributed by atoms with Gasteiger partial charge in [0.1, 0.15) is 0 Å². The molecule has 1 heterocycles. The molecule has 2 rings (SSSR count). The highest BCUT2D eigenvalue weighted by atomic mass is 32.2. The highest BCUT2D eigenvalue weighted by molar-refractivity contribution is 7.91. The third-order valence-electron chi connectivity index (χ3n) is 3.15. The monoisotopic (exact) mass is 343 g/mol. The number of aromatic hydroxyl groups is 1. The molecule has 1 fully saturated rings. The lowest BCUT2D eigenvalue weighted by Gasteiger charge is -2.12.